The molecular formula is C19H24N4O3. The average Bonchev–Trinajstić information content (AvgIpc) is 2.62. The molecule has 1 amide bonds. The third kappa shape index (κ3) is 3.27. The molecule has 1 aliphatic rings. The number of aromatic nitrogens is 2. The van der Waals surface area contributed by atoms with E-state index in [1.165, 1.54) is 0 Å². The minimum absolute atomic E-state index is 0.0189. The van der Waals surface area contributed by atoms with E-state index in [1.54, 1.807) is 42.6 Å². The molecule has 0 bridgehead atoms. The number of amides is 1. The first-order valence-corrected chi connectivity index (χ1v) is 8.64. The topological polar surface area (TPSA) is 99.4 Å². The summed E-state index contributed by atoms with van der Waals surface area (Å²) >= 11 is 0. The van der Waals surface area contributed by atoms with Gasteiger partial charge in [-0.2, -0.15) is 5.10 Å². The monoisotopic (exact) mass is 356 g/mol. The molecule has 26 heavy (non-hydrogen) atoms. The molecule has 0 radical (unpaired) electrons. The molecule has 2 atom stereocenters. The fraction of sp³-hybridized carbons (Fsp3) is 0.421. The van der Waals surface area contributed by atoms with Crippen molar-refractivity contribution in [3.8, 4) is 11.6 Å². The Balaban J connectivity index is 1.69. The Morgan fingerprint density at radius 3 is 2.81 bits per heavy atom. The molecule has 1 fully saturated rings. The van der Waals surface area contributed by atoms with E-state index >= 15 is 0 Å². The molecule has 3 rings (SSSR count). The van der Waals surface area contributed by atoms with Gasteiger partial charge in [0.05, 0.1) is 6.10 Å². The van der Waals surface area contributed by atoms with Gasteiger partial charge in [0.25, 0.3) is 0 Å². The lowest BCUT2D eigenvalue weighted by molar-refractivity contribution is -0.166. The van der Waals surface area contributed by atoms with Gasteiger partial charge in [-0.05, 0) is 25.1 Å². The van der Waals surface area contributed by atoms with Crippen LogP contribution in [0.4, 0.5) is 5.69 Å². The van der Waals surface area contributed by atoms with Gasteiger partial charge < -0.3 is 20.5 Å². The summed E-state index contributed by atoms with van der Waals surface area (Å²) in [6.07, 6.45) is 2.05. The number of nitrogens with one attached hydrogen (secondary N) is 1. The number of anilines is 1. The van der Waals surface area contributed by atoms with Gasteiger partial charge in [0.1, 0.15) is 11.3 Å². The van der Waals surface area contributed by atoms with Crippen LogP contribution in [-0.4, -0.2) is 34.4 Å². The molecule has 1 heterocycles. The number of carbonyl (C=O) groups is 1. The van der Waals surface area contributed by atoms with Crippen LogP contribution in [-0.2, 0) is 9.53 Å². The van der Waals surface area contributed by atoms with Gasteiger partial charge in [-0.1, -0.05) is 19.9 Å². The van der Waals surface area contributed by atoms with Crippen molar-refractivity contribution in [2.24, 2.45) is 11.1 Å². The molecule has 3 N–H and O–H groups in total. The highest BCUT2D eigenvalue weighted by molar-refractivity contribution is 5.99. The van der Waals surface area contributed by atoms with E-state index in [2.05, 4.69) is 15.5 Å². The lowest BCUT2D eigenvalue weighted by atomic mass is 9.54. The molecule has 1 saturated carbocycles. The van der Waals surface area contributed by atoms with Crippen LogP contribution in [0.2, 0.25) is 0 Å². The Kier molecular flexibility index (Phi) is 4.93. The number of nitrogens with zero attached hydrogens (tertiary/aromatic N) is 2. The van der Waals surface area contributed by atoms with E-state index in [-0.39, 0.29) is 12.0 Å². The quantitative estimate of drug-likeness (QED) is 0.825. The van der Waals surface area contributed by atoms with Crippen LogP contribution in [0.1, 0.15) is 27.2 Å². The number of nitrogens with two attached hydrogens (primary N) is 1. The van der Waals surface area contributed by atoms with Crippen molar-refractivity contribution in [1.82, 2.24) is 10.2 Å². The number of hydrogen-bond acceptors (Lipinski definition) is 6. The van der Waals surface area contributed by atoms with Gasteiger partial charge in [-0.25, -0.2) is 0 Å². The third-order valence-electron chi connectivity index (χ3n) is 5.10. The Labute approximate surface area is 152 Å². The smallest absolute Gasteiger partial charge is 0.245 e. The molecule has 1 aromatic heterocycles. The van der Waals surface area contributed by atoms with Gasteiger partial charge in [-0.3, -0.25) is 4.79 Å². The number of benzene rings is 1. The highest BCUT2D eigenvalue weighted by Crippen LogP contribution is 2.50. The largest absolute Gasteiger partial charge is 0.437 e. The molecule has 138 valence electrons. The van der Waals surface area contributed by atoms with Crippen molar-refractivity contribution in [3.05, 3.63) is 42.6 Å². The second kappa shape index (κ2) is 7.01. The molecule has 0 saturated heterocycles. The van der Waals surface area contributed by atoms with Crippen molar-refractivity contribution < 1.29 is 14.3 Å². The first-order chi connectivity index (χ1) is 12.4. The van der Waals surface area contributed by atoms with Crippen molar-refractivity contribution in [2.45, 2.75) is 38.8 Å². The average molecular weight is 356 g/mol. The number of ether oxygens (including phenoxy) is 2. The van der Waals surface area contributed by atoms with Crippen LogP contribution >= 0.6 is 0 Å². The first kappa shape index (κ1) is 18.3. The second-order valence-electron chi connectivity index (χ2n) is 6.99. The Morgan fingerprint density at radius 2 is 2.15 bits per heavy atom. The third-order valence-corrected chi connectivity index (χ3v) is 5.10. The van der Waals surface area contributed by atoms with E-state index < -0.39 is 11.0 Å². The van der Waals surface area contributed by atoms with Crippen molar-refractivity contribution >= 4 is 11.6 Å². The SMILES string of the molecule is CCOC1CC(N)(C(=O)Nc2cccc(Oc3cccnn3)c2)C1(C)C. The maximum absolute atomic E-state index is 12.8. The van der Waals surface area contributed by atoms with Crippen molar-refractivity contribution in [1.29, 1.82) is 0 Å². The predicted molar refractivity (Wildman–Crippen MR) is 97.9 cm³/mol. The van der Waals surface area contributed by atoms with E-state index in [9.17, 15) is 4.79 Å². The second-order valence-corrected chi connectivity index (χ2v) is 6.99. The Hall–Kier alpha value is -2.51. The summed E-state index contributed by atoms with van der Waals surface area (Å²) in [5.74, 6) is 0.704. The summed E-state index contributed by atoms with van der Waals surface area (Å²) in [5.41, 5.74) is 5.60. The van der Waals surface area contributed by atoms with Gasteiger partial charge in [0.2, 0.25) is 11.8 Å². The minimum Gasteiger partial charge on any atom is -0.437 e. The van der Waals surface area contributed by atoms with Crippen molar-refractivity contribution in [2.75, 3.05) is 11.9 Å². The molecule has 0 spiro atoms. The van der Waals surface area contributed by atoms with Gasteiger partial charge in [0.15, 0.2) is 0 Å². The molecule has 2 unspecified atom stereocenters. The zero-order chi connectivity index (χ0) is 18.8. The molecule has 1 aromatic carbocycles. The molecule has 7 nitrogen and oxygen atoms in total. The molecule has 1 aliphatic carbocycles. The summed E-state index contributed by atoms with van der Waals surface area (Å²) in [6.45, 7) is 6.47. The first-order valence-electron chi connectivity index (χ1n) is 8.64. The fourth-order valence-corrected chi connectivity index (χ4v) is 3.16. The maximum Gasteiger partial charge on any atom is 0.245 e. The van der Waals surface area contributed by atoms with Crippen LogP contribution < -0.4 is 15.8 Å². The van der Waals surface area contributed by atoms with Gasteiger partial charge >= 0.3 is 0 Å². The van der Waals surface area contributed by atoms with Crippen LogP contribution in [0.5, 0.6) is 11.6 Å². The van der Waals surface area contributed by atoms with E-state index in [4.69, 9.17) is 15.2 Å². The maximum atomic E-state index is 12.8. The fourth-order valence-electron chi connectivity index (χ4n) is 3.16. The standard InChI is InChI=1S/C19H24N4O3/c1-4-25-15-12-19(20,18(15,2)3)17(24)22-13-7-5-8-14(11-13)26-16-9-6-10-21-23-16/h5-11,15H,4,12,20H2,1-3H3,(H,22,24). The number of hydrogen-bond donors (Lipinski definition) is 2. The summed E-state index contributed by atoms with van der Waals surface area (Å²) in [6, 6.07) is 10.5. The molecule has 2 aromatic rings. The zero-order valence-corrected chi connectivity index (χ0v) is 15.2. The highest BCUT2D eigenvalue weighted by Gasteiger charge is 2.62. The molecule has 7 heteroatoms. The van der Waals surface area contributed by atoms with Gasteiger partial charge in [-0.15, -0.1) is 5.10 Å². The van der Waals surface area contributed by atoms with Crippen LogP contribution in [0, 0.1) is 5.41 Å². The lowest BCUT2D eigenvalue weighted by Gasteiger charge is -2.57. The highest BCUT2D eigenvalue weighted by atomic mass is 16.5. The minimum atomic E-state index is -0.978. The molecule has 0 aliphatic heterocycles. The zero-order valence-electron chi connectivity index (χ0n) is 15.2. The van der Waals surface area contributed by atoms with E-state index in [1.807, 2.05) is 20.8 Å². The van der Waals surface area contributed by atoms with Crippen LogP contribution in [0.25, 0.3) is 0 Å². The summed E-state index contributed by atoms with van der Waals surface area (Å²) in [5, 5.41) is 10.5. The summed E-state index contributed by atoms with van der Waals surface area (Å²) in [4.78, 5) is 12.8. The predicted octanol–water partition coefficient (Wildman–Crippen LogP) is 2.74. The van der Waals surface area contributed by atoms with E-state index in [0.29, 0.717) is 30.3 Å². The summed E-state index contributed by atoms with van der Waals surface area (Å²) < 4.78 is 11.3. The normalized spacial score (nSPS) is 23.8. The van der Waals surface area contributed by atoms with Crippen LogP contribution in [0.15, 0.2) is 42.6 Å². The van der Waals surface area contributed by atoms with E-state index in [0.717, 1.165) is 0 Å². The Morgan fingerprint density at radius 1 is 1.35 bits per heavy atom. The number of carbonyl (C=O) groups excluding carboxylic acids is 1. The Bertz CT molecular complexity index is 781. The van der Waals surface area contributed by atoms with Crippen LogP contribution in [0.3, 0.4) is 0 Å². The lowest BCUT2D eigenvalue weighted by Crippen LogP contribution is -2.74. The van der Waals surface area contributed by atoms with Gasteiger partial charge in [0, 0.05) is 42.5 Å². The summed E-state index contributed by atoms with van der Waals surface area (Å²) in [7, 11) is 0. The molecular weight excluding hydrogens is 332 g/mol. The van der Waals surface area contributed by atoms with Crippen molar-refractivity contribution in [3.63, 3.8) is 0 Å². The number of rotatable bonds is 6.